The largest absolute Gasteiger partial charge is 0.469 e. The van der Waals surface area contributed by atoms with Crippen LogP contribution in [0, 0.1) is 6.92 Å². The normalized spacial score (nSPS) is 11.3. The molecule has 2 N–H and O–H groups in total. The lowest BCUT2D eigenvalue weighted by atomic mass is 10.0. The van der Waals surface area contributed by atoms with Gasteiger partial charge in [-0.15, -0.1) is 0 Å². The third-order valence-electron chi connectivity index (χ3n) is 3.78. The molecule has 0 aliphatic heterocycles. The monoisotopic (exact) mass is 418 g/mol. The maximum Gasteiger partial charge on any atom is 0.313 e. The average molecular weight is 419 g/mol. The molecule has 2 aromatic rings. The first-order valence-electron chi connectivity index (χ1n) is 7.90. The summed E-state index contributed by atoms with van der Waals surface area (Å²) in [5.74, 6) is -2.12. The second kappa shape index (κ2) is 9.15. The van der Waals surface area contributed by atoms with Crippen LogP contribution in [0.5, 0.6) is 0 Å². The van der Waals surface area contributed by atoms with Crippen molar-refractivity contribution in [3.63, 3.8) is 0 Å². The summed E-state index contributed by atoms with van der Waals surface area (Å²) in [6, 6.07) is 13.6. The number of halogens is 1. The standard InChI is InChI=1S/C19H19BrN2O4/c1-12-5-3-4-6-15(12)21-18(24)19(25)22-16(11-17(23)26-2)13-7-9-14(20)10-8-13/h3-10,16H,11H2,1-2H3,(H,21,24)(H,22,25)/t16-/m0/s1. The molecule has 0 aliphatic rings. The lowest BCUT2D eigenvalue weighted by Crippen LogP contribution is -2.38. The molecule has 0 saturated heterocycles. The summed E-state index contributed by atoms with van der Waals surface area (Å²) < 4.78 is 5.54. The van der Waals surface area contributed by atoms with E-state index in [4.69, 9.17) is 0 Å². The Kier molecular flexibility index (Phi) is 6.91. The molecule has 0 unspecified atom stereocenters. The van der Waals surface area contributed by atoms with Crippen molar-refractivity contribution in [3.05, 3.63) is 64.1 Å². The van der Waals surface area contributed by atoms with Crippen molar-refractivity contribution in [2.45, 2.75) is 19.4 Å². The van der Waals surface area contributed by atoms with Crippen molar-refractivity contribution in [1.29, 1.82) is 0 Å². The first kappa shape index (κ1) is 19.7. The van der Waals surface area contributed by atoms with Crippen molar-refractivity contribution < 1.29 is 19.1 Å². The van der Waals surface area contributed by atoms with E-state index in [1.807, 2.05) is 19.1 Å². The number of rotatable bonds is 5. The number of para-hydroxylation sites is 1. The second-order valence-corrected chi connectivity index (χ2v) is 6.54. The van der Waals surface area contributed by atoms with E-state index in [1.165, 1.54) is 7.11 Å². The number of hydrogen-bond donors (Lipinski definition) is 2. The zero-order valence-corrected chi connectivity index (χ0v) is 16.0. The van der Waals surface area contributed by atoms with Gasteiger partial charge in [0.25, 0.3) is 0 Å². The number of nitrogens with one attached hydrogen (secondary N) is 2. The molecule has 0 heterocycles. The highest BCUT2D eigenvalue weighted by Gasteiger charge is 2.23. The van der Waals surface area contributed by atoms with Gasteiger partial charge in [-0.05, 0) is 36.2 Å². The van der Waals surface area contributed by atoms with Gasteiger partial charge >= 0.3 is 17.8 Å². The number of carbonyl (C=O) groups excluding carboxylic acids is 3. The Morgan fingerprint density at radius 2 is 1.69 bits per heavy atom. The summed E-state index contributed by atoms with van der Waals surface area (Å²) in [5, 5.41) is 5.16. The number of ether oxygens (including phenoxy) is 1. The highest BCUT2D eigenvalue weighted by molar-refractivity contribution is 9.10. The van der Waals surface area contributed by atoms with Crippen LogP contribution in [0.25, 0.3) is 0 Å². The summed E-state index contributed by atoms with van der Waals surface area (Å²) >= 11 is 3.33. The lowest BCUT2D eigenvalue weighted by molar-refractivity contribution is -0.142. The van der Waals surface area contributed by atoms with Crippen LogP contribution in [0.2, 0.25) is 0 Å². The molecule has 2 aromatic carbocycles. The molecule has 136 valence electrons. The zero-order valence-electron chi connectivity index (χ0n) is 14.4. The first-order chi connectivity index (χ1) is 12.4. The van der Waals surface area contributed by atoms with E-state index in [0.717, 1.165) is 10.0 Å². The first-order valence-corrected chi connectivity index (χ1v) is 8.69. The topological polar surface area (TPSA) is 84.5 Å². The number of anilines is 1. The molecule has 0 radical (unpaired) electrons. The minimum absolute atomic E-state index is 0.0818. The molecular formula is C19H19BrN2O4. The Hall–Kier alpha value is -2.67. The number of hydrogen-bond acceptors (Lipinski definition) is 4. The van der Waals surface area contributed by atoms with Crippen molar-refractivity contribution in [2.24, 2.45) is 0 Å². The molecule has 2 amide bonds. The van der Waals surface area contributed by atoms with Crippen molar-refractivity contribution in [1.82, 2.24) is 5.32 Å². The average Bonchev–Trinajstić information content (AvgIpc) is 2.63. The van der Waals surface area contributed by atoms with Crippen LogP contribution in [0.1, 0.15) is 23.6 Å². The molecule has 6 nitrogen and oxygen atoms in total. The third-order valence-corrected chi connectivity index (χ3v) is 4.30. The Balaban J connectivity index is 2.12. The number of carbonyl (C=O) groups is 3. The SMILES string of the molecule is COC(=O)C[C@H](NC(=O)C(=O)Nc1ccccc1C)c1ccc(Br)cc1. The molecule has 0 bridgehead atoms. The van der Waals surface area contributed by atoms with Crippen LogP contribution < -0.4 is 10.6 Å². The van der Waals surface area contributed by atoms with E-state index in [-0.39, 0.29) is 6.42 Å². The van der Waals surface area contributed by atoms with Crippen molar-refractivity contribution >= 4 is 39.4 Å². The van der Waals surface area contributed by atoms with Gasteiger partial charge < -0.3 is 15.4 Å². The van der Waals surface area contributed by atoms with E-state index < -0.39 is 23.8 Å². The molecule has 0 fully saturated rings. The fraction of sp³-hybridized carbons (Fsp3) is 0.211. The summed E-state index contributed by atoms with van der Waals surface area (Å²) in [4.78, 5) is 36.2. The number of methoxy groups -OCH3 is 1. The predicted octanol–water partition coefficient (Wildman–Crippen LogP) is 3.12. The van der Waals surface area contributed by atoms with Crippen LogP contribution in [-0.2, 0) is 19.1 Å². The number of benzene rings is 2. The van der Waals surface area contributed by atoms with Gasteiger partial charge in [0.2, 0.25) is 0 Å². The van der Waals surface area contributed by atoms with Gasteiger partial charge in [-0.2, -0.15) is 0 Å². The molecule has 0 aliphatic carbocycles. The van der Waals surface area contributed by atoms with Gasteiger partial charge in [-0.1, -0.05) is 46.3 Å². The summed E-state index contributed by atoms with van der Waals surface area (Å²) in [5.41, 5.74) is 2.09. The Morgan fingerprint density at radius 3 is 2.31 bits per heavy atom. The van der Waals surface area contributed by atoms with Gasteiger partial charge in [0, 0.05) is 10.2 Å². The number of esters is 1. The second-order valence-electron chi connectivity index (χ2n) is 5.63. The van der Waals surface area contributed by atoms with Crippen LogP contribution in [-0.4, -0.2) is 24.9 Å². The summed E-state index contributed by atoms with van der Waals surface area (Å²) in [7, 11) is 1.27. The summed E-state index contributed by atoms with van der Waals surface area (Å²) in [6.07, 6.45) is -0.0818. The van der Waals surface area contributed by atoms with Crippen LogP contribution in [0.3, 0.4) is 0 Å². The van der Waals surface area contributed by atoms with E-state index in [1.54, 1.807) is 36.4 Å². The maximum atomic E-state index is 12.3. The number of amides is 2. The minimum atomic E-state index is -0.829. The number of aryl methyl sites for hydroxylation is 1. The van der Waals surface area contributed by atoms with Crippen molar-refractivity contribution in [2.75, 3.05) is 12.4 Å². The maximum absolute atomic E-state index is 12.3. The van der Waals surface area contributed by atoms with E-state index in [9.17, 15) is 14.4 Å². The molecule has 2 rings (SSSR count). The Labute approximate surface area is 160 Å². The van der Waals surface area contributed by atoms with Gasteiger partial charge in [0.1, 0.15) is 0 Å². The van der Waals surface area contributed by atoms with Gasteiger partial charge in [-0.25, -0.2) is 0 Å². The van der Waals surface area contributed by atoms with Crippen LogP contribution in [0.4, 0.5) is 5.69 Å². The molecule has 1 atom stereocenters. The smallest absolute Gasteiger partial charge is 0.313 e. The van der Waals surface area contributed by atoms with Crippen LogP contribution >= 0.6 is 15.9 Å². The van der Waals surface area contributed by atoms with Gasteiger partial charge in [0.15, 0.2) is 0 Å². The van der Waals surface area contributed by atoms with Crippen molar-refractivity contribution in [3.8, 4) is 0 Å². The fourth-order valence-electron chi connectivity index (χ4n) is 2.31. The highest BCUT2D eigenvalue weighted by atomic mass is 79.9. The molecule has 0 spiro atoms. The summed E-state index contributed by atoms with van der Waals surface area (Å²) in [6.45, 7) is 1.83. The molecular weight excluding hydrogens is 400 g/mol. The molecule has 0 aromatic heterocycles. The van der Waals surface area contributed by atoms with Gasteiger partial charge in [-0.3, -0.25) is 14.4 Å². The zero-order chi connectivity index (χ0) is 19.1. The molecule has 0 saturated carbocycles. The van der Waals surface area contributed by atoms with Gasteiger partial charge in [0.05, 0.1) is 19.6 Å². The molecule has 26 heavy (non-hydrogen) atoms. The van der Waals surface area contributed by atoms with E-state index in [2.05, 4.69) is 31.3 Å². The quantitative estimate of drug-likeness (QED) is 0.576. The van der Waals surface area contributed by atoms with E-state index in [0.29, 0.717) is 11.3 Å². The Bertz CT molecular complexity index is 805. The predicted molar refractivity (Wildman–Crippen MR) is 101 cm³/mol. The lowest BCUT2D eigenvalue weighted by Gasteiger charge is -2.18. The third kappa shape index (κ3) is 5.42. The van der Waals surface area contributed by atoms with E-state index >= 15 is 0 Å². The molecule has 7 heteroatoms. The Morgan fingerprint density at radius 1 is 1.04 bits per heavy atom. The fourth-order valence-corrected chi connectivity index (χ4v) is 2.58. The highest BCUT2D eigenvalue weighted by Crippen LogP contribution is 2.20. The minimum Gasteiger partial charge on any atom is -0.469 e. The van der Waals surface area contributed by atoms with Crippen LogP contribution in [0.15, 0.2) is 53.0 Å².